The number of aliphatic imine (C=N–C) groups is 1. The van der Waals surface area contributed by atoms with Gasteiger partial charge in [0.25, 0.3) is 0 Å². The summed E-state index contributed by atoms with van der Waals surface area (Å²) in [4.78, 5) is 8.41. The third-order valence-electron chi connectivity index (χ3n) is 3.40. The average molecular weight is 406 g/mol. The molecular formula is C15H27IN4O. The van der Waals surface area contributed by atoms with Crippen molar-refractivity contribution in [1.82, 2.24) is 15.6 Å². The topological polar surface area (TPSA) is 58.5 Å². The van der Waals surface area contributed by atoms with Gasteiger partial charge in [-0.1, -0.05) is 32.8 Å². The standard InChI is InChI=1S/C15H26N4O.HI/c1-5-12(6-2)9-18-15(16-3)19-11-13-7-8-14(20-4)17-10-13;/h7-8,10,12H,5-6,9,11H2,1-4H3,(H2,16,18,19);1H. The number of nitrogens with zero attached hydrogens (tertiary/aromatic N) is 2. The minimum Gasteiger partial charge on any atom is -0.481 e. The molecule has 0 saturated carbocycles. The molecule has 0 aromatic carbocycles. The highest BCUT2D eigenvalue weighted by Crippen LogP contribution is 2.06. The molecule has 0 fully saturated rings. The number of halogens is 1. The van der Waals surface area contributed by atoms with Crippen LogP contribution in [-0.2, 0) is 6.54 Å². The van der Waals surface area contributed by atoms with Crippen LogP contribution in [-0.4, -0.2) is 31.6 Å². The summed E-state index contributed by atoms with van der Waals surface area (Å²) in [6.45, 7) is 6.08. The molecule has 1 aromatic heterocycles. The first-order valence-corrected chi connectivity index (χ1v) is 7.16. The first-order chi connectivity index (χ1) is 9.73. The molecule has 0 radical (unpaired) electrons. The van der Waals surface area contributed by atoms with E-state index in [1.807, 2.05) is 12.1 Å². The van der Waals surface area contributed by atoms with Crippen LogP contribution in [0.15, 0.2) is 23.3 Å². The van der Waals surface area contributed by atoms with Crippen LogP contribution >= 0.6 is 24.0 Å². The van der Waals surface area contributed by atoms with E-state index < -0.39 is 0 Å². The Hall–Kier alpha value is -1.05. The molecule has 1 heterocycles. The largest absolute Gasteiger partial charge is 0.481 e. The summed E-state index contributed by atoms with van der Waals surface area (Å²) in [5.74, 6) is 2.15. The van der Waals surface area contributed by atoms with Gasteiger partial charge in [0.2, 0.25) is 5.88 Å². The van der Waals surface area contributed by atoms with E-state index in [1.54, 1.807) is 20.4 Å². The van der Waals surface area contributed by atoms with E-state index >= 15 is 0 Å². The van der Waals surface area contributed by atoms with Gasteiger partial charge >= 0.3 is 0 Å². The van der Waals surface area contributed by atoms with E-state index in [2.05, 4.69) is 34.5 Å². The highest BCUT2D eigenvalue weighted by molar-refractivity contribution is 14.0. The smallest absolute Gasteiger partial charge is 0.212 e. The maximum absolute atomic E-state index is 5.04. The number of rotatable bonds is 7. The van der Waals surface area contributed by atoms with E-state index in [9.17, 15) is 0 Å². The molecule has 5 nitrogen and oxygen atoms in total. The van der Waals surface area contributed by atoms with E-state index in [1.165, 1.54) is 12.8 Å². The first-order valence-electron chi connectivity index (χ1n) is 7.16. The molecule has 2 N–H and O–H groups in total. The van der Waals surface area contributed by atoms with Gasteiger partial charge in [0, 0.05) is 32.4 Å². The zero-order chi connectivity index (χ0) is 14.8. The van der Waals surface area contributed by atoms with Crippen molar-refractivity contribution in [1.29, 1.82) is 0 Å². The Bertz CT molecular complexity index is 405. The maximum atomic E-state index is 5.04. The second-order valence-corrected chi connectivity index (χ2v) is 4.70. The molecule has 0 spiro atoms. The molecule has 1 rings (SSSR count). The summed E-state index contributed by atoms with van der Waals surface area (Å²) in [7, 11) is 3.40. The number of hydrogen-bond donors (Lipinski definition) is 2. The normalized spacial score (nSPS) is 11.0. The molecule has 0 unspecified atom stereocenters. The van der Waals surface area contributed by atoms with Crippen LogP contribution in [0.5, 0.6) is 5.88 Å². The number of guanidine groups is 1. The summed E-state index contributed by atoms with van der Waals surface area (Å²) in [5.41, 5.74) is 1.09. The van der Waals surface area contributed by atoms with Gasteiger partial charge in [-0.2, -0.15) is 0 Å². The van der Waals surface area contributed by atoms with Crippen molar-refractivity contribution < 1.29 is 4.74 Å². The quantitative estimate of drug-likeness (QED) is 0.416. The summed E-state index contributed by atoms with van der Waals surface area (Å²) >= 11 is 0. The van der Waals surface area contributed by atoms with E-state index in [0.717, 1.165) is 18.1 Å². The summed E-state index contributed by atoms with van der Waals surface area (Å²) in [6, 6.07) is 3.85. The lowest BCUT2D eigenvalue weighted by Gasteiger charge is -2.16. The molecule has 6 heteroatoms. The molecule has 21 heavy (non-hydrogen) atoms. The van der Waals surface area contributed by atoms with E-state index in [0.29, 0.717) is 18.3 Å². The maximum Gasteiger partial charge on any atom is 0.212 e. The first kappa shape index (κ1) is 19.9. The van der Waals surface area contributed by atoms with Crippen molar-refractivity contribution >= 4 is 29.9 Å². The third kappa shape index (κ3) is 7.50. The molecule has 0 bridgehead atoms. The van der Waals surface area contributed by atoms with Crippen LogP contribution in [0.4, 0.5) is 0 Å². The Morgan fingerprint density at radius 3 is 2.48 bits per heavy atom. The Kier molecular flexibility index (Phi) is 11.0. The van der Waals surface area contributed by atoms with Gasteiger partial charge in [0.15, 0.2) is 5.96 Å². The highest BCUT2D eigenvalue weighted by atomic mass is 127. The lowest BCUT2D eigenvalue weighted by Crippen LogP contribution is -2.39. The van der Waals surface area contributed by atoms with Crippen LogP contribution in [0.1, 0.15) is 32.3 Å². The van der Waals surface area contributed by atoms with Gasteiger partial charge in [-0.25, -0.2) is 4.98 Å². The number of pyridine rings is 1. The van der Waals surface area contributed by atoms with E-state index in [4.69, 9.17) is 4.74 Å². The van der Waals surface area contributed by atoms with E-state index in [-0.39, 0.29) is 24.0 Å². The zero-order valence-electron chi connectivity index (χ0n) is 13.3. The fraction of sp³-hybridized carbons (Fsp3) is 0.600. The Balaban J connectivity index is 0.00000400. The summed E-state index contributed by atoms with van der Waals surface area (Å²) < 4.78 is 5.04. The minimum atomic E-state index is 0. The summed E-state index contributed by atoms with van der Waals surface area (Å²) in [5, 5.41) is 6.64. The van der Waals surface area contributed by atoms with Crippen molar-refractivity contribution in [3.8, 4) is 5.88 Å². The fourth-order valence-electron chi connectivity index (χ4n) is 1.86. The number of aromatic nitrogens is 1. The van der Waals surface area contributed by atoms with Crippen molar-refractivity contribution in [3.63, 3.8) is 0 Å². The molecule has 0 aliphatic carbocycles. The van der Waals surface area contributed by atoms with Crippen LogP contribution in [0.3, 0.4) is 0 Å². The highest BCUT2D eigenvalue weighted by Gasteiger charge is 2.05. The zero-order valence-corrected chi connectivity index (χ0v) is 15.7. The summed E-state index contributed by atoms with van der Waals surface area (Å²) in [6.07, 6.45) is 4.17. The number of ether oxygens (including phenoxy) is 1. The van der Waals surface area contributed by atoms with Gasteiger partial charge in [0.1, 0.15) is 0 Å². The van der Waals surface area contributed by atoms with Gasteiger partial charge in [0.05, 0.1) is 7.11 Å². The van der Waals surface area contributed by atoms with Crippen LogP contribution in [0, 0.1) is 5.92 Å². The predicted molar refractivity (Wildman–Crippen MR) is 98.5 cm³/mol. The van der Waals surface area contributed by atoms with Crippen LogP contribution in [0.2, 0.25) is 0 Å². The predicted octanol–water partition coefficient (Wildman–Crippen LogP) is 2.81. The molecule has 0 atom stereocenters. The van der Waals surface area contributed by atoms with Crippen LogP contribution < -0.4 is 15.4 Å². The van der Waals surface area contributed by atoms with Gasteiger partial charge < -0.3 is 15.4 Å². The Morgan fingerprint density at radius 1 is 1.29 bits per heavy atom. The molecule has 0 amide bonds. The molecule has 0 aliphatic rings. The van der Waals surface area contributed by atoms with Gasteiger partial charge in [-0.05, 0) is 11.5 Å². The number of nitrogens with one attached hydrogen (secondary N) is 2. The Labute approximate surface area is 145 Å². The minimum absolute atomic E-state index is 0. The van der Waals surface area contributed by atoms with Gasteiger partial charge in [-0.15, -0.1) is 24.0 Å². The molecular weight excluding hydrogens is 379 g/mol. The lowest BCUT2D eigenvalue weighted by molar-refractivity contribution is 0.397. The second-order valence-electron chi connectivity index (χ2n) is 4.70. The molecule has 1 aromatic rings. The second kappa shape index (κ2) is 11.6. The number of hydrogen-bond acceptors (Lipinski definition) is 3. The SMILES string of the molecule is CCC(CC)CNC(=NC)NCc1ccc(OC)nc1.I. The van der Waals surface area contributed by atoms with Crippen molar-refractivity contribution in [2.75, 3.05) is 20.7 Å². The number of methoxy groups -OCH3 is 1. The third-order valence-corrected chi connectivity index (χ3v) is 3.40. The molecule has 0 saturated heterocycles. The van der Waals surface area contributed by atoms with Gasteiger partial charge in [-0.3, -0.25) is 4.99 Å². The van der Waals surface area contributed by atoms with Crippen molar-refractivity contribution in [3.05, 3.63) is 23.9 Å². The Morgan fingerprint density at radius 2 is 2.00 bits per heavy atom. The van der Waals surface area contributed by atoms with Crippen molar-refractivity contribution in [2.45, 2.75) is 33.2 Å². The van der Waals surface area contributed by atoms with Crippen molar-refractivity contribution in [2.24, 2.45) is 10.9 Å². The van der Waals surface area contributed by atoms with Crippen LogP contribution in [0.25, 0.3) is 0 Å². The fourth-order valence-corrected chi connectivity index (χ4v) is 1.86. The molecule has 0 aliphatic heterocycles. The average Bonchev–Trinajstić information content (AvgIpc) is 2.51. The lowest BCUT2D eigenvalue weighted by atomic mass is 10.0. The monoisotopic (exact) mass is 406 g/mol. The molecule has 120 valence electrons.